The third-order valence-electron chi connectivity index (χ3n) is 2.84. The number of halogens is 3. The minimum Gasteiger partial charge on any atom is -0.484 e. The molecule has 0 spiro atoms. The number of nitrogens with one attached hydrogen (secondary N) is 1. The van der Waals surface area contributed by atoms with E-state index in [2.05, 4.69) is 10.5 Å². The molecule has 0 aliphatic heterocycles. The number of carbonyl (C=O) groups excluding carboxylic acids is 1. The fourth-order valence-corrected chi connectivity index (χ4v) is 1.73. The second-order valence-electron chi connectivity index (χ2n) is 4.60. The molecule has 0 aliphatic carbocycles. The van der Waals surface area contributed by atoms with Gasteiger partial charge in [0.25, 0.3) is 5.91 Å². The summed E-state index contributed by atoms with van der Waals surface area (Å²) in [6.45, 7) is 1.08. The second kappa shape index (κ2) is 7.44. The first-order chi connectivity index (χ1) is 11.0. The smallest absolute Gasteiger partial charge is 0.277 e. The number of rotatable bonds is 5. The molecule has 120 valence electrons. The van der Waals surface area contributed by atoms with E-state index in [9.17, 15) is 18.0 Å². The molecule has 4 nitrogen and oxygen atoms in total. The van der Waals surface area contributed by atoms with Crippen LogP contribution in [0, 0.1) is 17.5 Å². The van der Waals surface area contributed by atoms with Gasteiger partial charge in [-0.25, -0.2) is 18.6 Å². The number of nitrogens with zero attached hydrogens (tertiary/aromatic N) is 1. The number of ether oxygens (including phenoxy) is 1. The van der Waals surface area contributed by atoms with Gasteiger partial charge in [0.1, 0.15) is 23.2 Å². The summed E-state index contributed by atoms with van der Waals surface area (Å²) in [5.41, 5.74) is 2.41. The zero-order valence-corrected chi connectivity index (χ0v) is 12.1. The van der Waals surface area contributed by atoms with Gasteiger partial charge in [-0.15, -0.1) is 0 Å². The molecule has 0 unspecified atom stereocenters. The maximum atomic E-state index is 13.5. The highest BCUT2D eigenvalue weighted by Gasteiger charge is 2.08. The van der Waals surface area contributed by atoms with E-state index in [1.807, 2.05) is 0 Å². The molecule has 0 heterocycles. The van der Waals surface area contributed by atoms with Crippen LogP contribution >= 0.6 is 0 Å². The summed E-state index contributed by atoms with van der Waals surface area (Å²) in [6, 6.07) is 8.36. The summed E-state index contributed by atoms with van der Waals surface area (Å²) in [5, 5.41) is 3.72. The Morgan fingerprint density at radius 2 is 1.87 bits per heavy atom. The lowest BCUT2D eigenvalue weighted by molar-refractivity contribution is -0.123. The third kappa shape index (κ3) is 4.84. The van der Waals surface area contributed by atoms with Crippen LogP contribution in [0.2, 0.25) is 0 Å². The molecule has 0 fully saturated rings. The quantitative estimate of drug-likeness (QED) is 0.679. The van der Waals surface area contributed by atoms with Gasteiger partial charge in [0.15, 0.2) is 6.61 Å². The van der Waals surface area contributed by atoms with Crippen LogP contribution in [-0.4, -0.2) is 18.2 Å². The molecule has 2 rings (SSSR count). The van der Waals surface area contributed by atoms with Gasteiger partial charge in [-0.2, -0.15) is 5.10 Å². The molecule has 0 aromatic heterocycles. The van der Waals surface area contributed by atoms with Gasteiger partial charge in [-0.05, 0) is 31.2 Å². The van der Waals surface area contributed by atoms with Crippen molar-refractivity contribution in [1.29, 1.82) is 0 Å². The van der Waals surface area contributed by atoms with E-state index in [0.29, 0.717) is 0 Å². The molecule has 0 saturated carbocycles. The summed E-state index contributed by atoms with van der Waals surface area (Å²) >= 11 is 0. The standard InChI is InChI=1S/C16H13F3N2O2/c1-10(14-6-5-12(18)8-15(14)19)20-21-16(22)9-23-13-4-2-3-11(17)7-13/h2-8H,9H2,1H3,(H,21,22)/b20-10-. The van der Waals surface area contributed by atoms with Crippen LogP contribution < -0.4 is 10.2 Å². The van der Waals surface area contributed by atoms with E-state index in [1.54, 1.807) is 0 Å². The second-order valence-corrected chi connectivity index (χ2v) is 4.60. The molecular weight excluding hydrogens is 309 g/mol. The van der Waals surface area contributed by atoms with Crippen molar-refractivity contribution in [3.05, 3.63) is 65.5 Å². The lowest BCUT2D eigenvalue weighted by Crippen LogP contribution is -2.25. The molecule has 0 saturated heterocycles. The molecule has 0 radical (unpaired) electrons. The molecule has 23 heavy (non-hydrogen) atoms. The first kappa shape index (κ1) is 16.5. The number of carbonyl (C=O) groups is 1. The zero-order chi connectivity index (χ0) is 16.8. The topological polar surface area (TPSA) is 50.7 Å². The van der Waals surface area contributed by atoms with Crippen molar-refractivity contribution in [3.63, 3.8) is 0 Å². The summed E-state index contributed by atoms with van der Waals surface area (Å²) in [7, 11) is 0. The lowest BCUT2D eigenvalue weighted by Gasteiger charge is -2.06. The highest BCUT2D eigenvalue weighted by Crippen LogP contribution is 2.12. The summed E-state index contributed by atoms with van der Waals surface area (Å²) in [4.78, 5) is 11.6. The molecule has 0 atom stereocenters. The SMILES string of the molecule is C/C(=N/NC(=O)COc1cccc(F)c1)c1ccc(F)cc1F. The van der Waals surface area contributed by atoms with E-state index in [1.165, 1.54) is 31.2 Å². The van der Waals surface area contributed by atoms with Gasteiger partial charge >= 0.3 is 0 Å². The summed E-state index contributed by atoms with van der Waals surface area (Å²) < 4.78 is 44.4. The molecule has 0 bridgehead atoms. The highest BCUT2D eigenvalue weighted by atomic mass is 19.1. The van der Waals surface area contributed by atoms with Crippen molar-refractivity contribution in [2.24, 2.45) is 5.10 Å². The predicted molar refractivity (Wildman–Crippen MR) is 78.6 cm³/mol. The number of amides is 1. The Kier molecular flexibility index (Phi) is 5.35. The molecular formula is C16H13F3N2O2. The van der Waals surface area contributed by atoms with Crippen LogP contribution in [-0.2, 0) is 4.79 Å². The Bertz CT molecular complexity index is 748. The Morgan fingerprint density at radius 1 is 1.13 bits per heavy atom. The van der Waals surface area contributed by atoms with E-state index in [0.717, 1.165) is 18.2 Å². The Morgan fingerprint density at radius 3 is 2.57 bits per heavy atom. The van der Waals surface area contributed by atoms with E-state index >= 15 is 0 Å². The van der Waals surface area contributed by atoms with Gasteiger partial charge < -0.3 is 4.74 Å². The van der Waals surface area contributed by atoms with Crippen molar-refractivity contribution in [3.8, 4) is 5.75 Å². The predicted octanol–water partition coefficient (Wildman–Crippen LogP) is 3.02. The molecule has 7 heteroatoms. The highest BCUT2D eigenvalue weighted by molar-refractivity contribution is 5.99. The van der Waals surface area contributed by atoms with Crippen molar-refractivity contribution in [2.75, 3.05) is 6.61 Å². The van der Waals surface area contributed by atoms with Crippen LogP contribution in [0.5, 0.6) is 5.75 Å². The Balaban J connectivity index is 1.92. The molecule has 0 aliphatic rings. The van der Waals surface area contributed by atoms with Crippen molar-refractivity contribution >= 4 is 11.6 Å². The van der Waals surface area contributed by atoms with E-state index in [4.69, 9.17) is 4.74 Å². The molecule has 1 N–H and O–H groups in total. The first-order valence-corrected chi connectivity index (χ1v) is 6.62. The van der Waals surface area contributed by atoms with Crippen molar-refractivity contribution in [1.82, 2.24) is 5.43 Å². The number of hydrogen-bond donors (Lipinski definition) is 1. The van der Waals surface area contributed by atoms with E-state index in [-0.39, 0.29) is 23.6 Å². The number of benzene rings is 2. The number of hydrazone groups is 1. The largest absolute Gasteiger partial charge is 0.484 e. The third-order valence-corrected chi connectivity index (χ3v) is 2.84. The van der Waals surface area contributed by atoms with Crippen LogP contribution in [0.3, 0.4) is 0 Å². The minimum absolute atomic E-state index is 0.0674. The zero-order valence-electron chi connectivity index (χ0n) is 12.1. The van der Waals surface area contributed by atoms with Gasteiger partial charge in [0, 0.05) is 17.7 Å². The van der Waals surface area contributed by atoms with Crippen molar-refractivity contribution < 1.29 is 22.7 Å². The van der Waals surface area contributed by atoms with E-state index < -0.39 is 23.4 Å². The fourth-order valence-electron chi connectivity index (χ4n) is 1.73. The monoisotopic (exact) mass is 322 g/mol. The fraction of sp³-hybridized carbons (Fsp3) is 0.125. The van der Waals surface area contributed by atoms with Crippen LogP contribution in [0.25, 0.3) is 0 Å². The lowest BCUT2D eigenvalue weighted by atomic mass is 10.1. The van der Waals surface area contributed by atoms with Gasteiger partial charge in [-0.1, -0.05) is 6.07 Å². The van der Waals surface area contributed by atoms with Crippen LogP contribution in [0.1, 0.15) is 12.5 Å². The molecule has 2 aromatic carbocycles. The average molecular weight is 322 g/mol. The van der Waals surface area contributed by atoms with Gasteiger partial charge in [0.2, 0.25) is 0 Å². The summed E-state index contributed by atoms with van der Waals surface area (Å²) in [5.74, 6) is -2.37. The Labute approximate surface area is 130 Å². The van der Waals surface area contributed by atoms with Crippen molar-refractivity contribution in [2.45, 2.75) is 6.92 Å². The maximum absolute atomic E-state index is 13.5. The molecule has 2 aromatic rings. The number of hydrogen-bond acceptors (Lipinski definition) is 3. The first-order valence-electron chi connectivity index (χ1n) is 6.62. The van der Waals surface area contributed by atoms with Gasteiger partial charge in [-0.3, -0.25) is 4.79 Å². The van der Waals surface area contributed by atoms with Crippen LogP contribution in [0.15, 0.2) is 47.6 Å². The maximum Gasteiger partial charge on any atom is 0.277 e. The molecule has 1 amide bonds. The summed E-state index contributed by atoms with van der Waals surface area (Å²) in [6.07, 6.45) is 0. The van der Waals surface area contributed by atoms with Gasteiger partial charge in [0.05, 0.1) is 5.71 Å². The Hall–Kier alpha value is -2.83. The minimum atomic E-state index is -0.781. The normalized spacial score (nSPS) is 11.2. The average Bonchev–Trinajstić information content (AvgIpc) is 2.50. The van der Waals surface area contributed by atoms with Crippen LogP contribution in [0.4, 0.5) is 13.2 Å².